The third-order valence-corrected chi connectivity index (χ3v) is 4.40. The Morgan fingerprint density at radius 1 is 1.52 bits per heavy atom. The van der Waals surface area contributed by atoms with Gasteiger partial charge in [0.2, 0.25) is 5.91 Å². The zero-order chi connectivity index (χ0) is 15.6. The largest absolute Gasteiger partial charge is 0.382 e. The van der Waals surface area contributed by atoms with Crippen LogP contribution in [0.3, 0.4) is 0 Å². The van der Waals surface area contributed by atoms with Gasteiger partial charge in [-0.25, -0.2) is 4.98 Å². The number of thiazole rings is 1. The van der Waals surface area contributed by atoms with Crippen LogP contribution in [-0.4, -0.2) is 41.3 Å². The number of hydrogen-bond donors (Lipinski definition) is 3. The zero-order valence-corrected chi connectivity index (χ0v) is 13.1. The predicted octanol–water partition coefficient (Wildman–Crippen LogP) is 0.741. The van der Waals surface area contributed by atoms with Crippen molar-refractivity contribution in [2.24, 2.45) is 17.6 Å². The number of anilines is 2. The molecule has 0 aliphatic carbocycles. The summed E-state index contributed by atoms with van der Waals surface area (Å²) in [5.41, 5.74) is 11.1. The molecular weight excluding hydrogens is 290 g/mol. The number of nitrogen functional groups attached to an aromatic ring is 1. The fraction of sp³-hybridized carbons (Fsp3) is 0.615. The van der Waals surface area contributed by atoms with Crippen LogP contribution in [0.15, 0.2) is 0 Å². The summed E-state index contributed by atoms with van der Waals surface area (Å²) in [6.45, 7) is 5.83. The van der Waals surface area contributed by atoms with Crippen molar-refractivity contribution in [1.29, 1.82) is 0 Å². The lowest BCUT2D eigenvalue weighted by Gasteiger charge is -2.14. The van der Waals surface area contributed by atoms with Gasteiger partial charge >= 0.3 is 0 Å². The second-order valence-corrected chi connectivity index (χ2v) is 6.65. The molecule has 0 radical (unpaired) electrons. The molecule has 2 heterocycles. The molecule has 1 aliphatic rings. The summed E-state index contributed by atoms with van der Waals surface area (Å²) in [6, 6.07) is 0. The number of likely N-dealkylation sites (tertiary alicyclic amines) is 1. The highest BCUT2D eigenvalue weighted by molar-refractivity contribution is 7.18. The Kier molecular flexibility index (Phi) is 4.66. The molecule has 5 N–H and O–H groups in total. The highest BCUT2D eigenvalue weighted by atomic mass is 32.1. The summed E-state index contributed by atoms with van der Waals surface area (Å²) < 4.78 is 0. The smallest absolute Gasteiger partial charge is 0.267 e. The van der Waals surface area contributed by atoms with Gasteiger partial charge in [0.15, 0.2) is 5.13 Å². The van der Waals surface area contributed by atoms with Gasteiger partial charge in [-0.2, -0.15) is 0 Å². The quantitative estimate of drug-likeness (QED) is 0.742. The van der Waals surface area contributed by atoms with E-state index in [2.05, 4.69) is 24.1 Å². The lowest BCUT2D eigenvalue weighted by atomic mass is 10.1. The Labute approximate surface area is 127 Å². The van der Waals surface area contributed by atoms with E-state index in [1.807, 2.05) is 0 Å². The van der Waals surface area contributed by atoms with Crippen molar-refractivity contribution < 1.29 is 9.59 Å². The minimum absolute atomic E-state index is 0.175. The van der Waals surface area contributed by atoms with Crippen molar-refractivity contribution in [1.82, 2.24) is 9.88 Å². The van der Waals surface area contributed by atoms with Crippen molar-refractivity contribution in [3.8, 4) is 0 Å². The van der Waals surface area contributed by atoms with Crippen molar-refractivity contribution in [2.75, 3.05) is 30.7 Å². The molecule has 0 spiro atoms. The normalized spacial score (nSPS) is 18.2. The lowest BCUT2D eigenvalue weighted by molar-refractivity contribution is -0.121. The molecule has 1 unspecified atom stereocenters. The van der Waals surface area contributed by atoms with Crippen LogP contribution in [0.2, 0.25) is 0 Å². The van der Waals surface area contributed by atoms with Gasteiger partial charge in [-0.15, -0.1) is 0 Å². The van der Waals surface area contributed by atoms with E-state index in [1.54, 1.807) is 4.90 Å². The number of primary amides is 1. The SMILES string of the molecule is CC(C)CNc1nc(N)c(C(=O)N2CCC(C(N)=O)C2)s1. The maximum Gasteiger partial charge on any atom is 0.267 e. The number of amides is 2. The molecule has 0 saturated carbocycles. The minimum Gasteiger partial charge on any atom is -0.382 e. The Balaban J connectivity index is 2.04. The van der Waals surface area contributed by atoms with Crippen LogP contribution in [0.5, 0.6) is 0 Å². The molecule has 1 fully saturated rings. The van der Waals surface area contributed by atoms with E-state index in [0.29, 0.717) is 35.4 Å². The minimum atomic E-state index is -0.359. The van der Waals surface area contributed by atoms with Crippen LogP contribution in [0.1, 0.15) is 29.9 Å². The second kappa shape index (κ2) is 6.30. The lowest BCUT2D eigenvalue weighted by Crippen LogP contribution is -2.31. The van der Waals surface area contributed by atoms with Gasteiger partial charge in [0, 0.05) is 19.6 Å². The van der Waals surface area contributed by atoms with Crippen molar-refractivity contribution >= 4 is 34.1 Å². The number of carbonyl (C=O) groups excluding carboxylic acids is 2. The third-order valence-electron chi connectivity index (χ3n) is 3.39. The van der Waals surface area contributed by atoms with Crippen LogP contribution in [0, 0.1) is 11.8 Å². The van der Waals surface area contributed by atoms with Gasteiger partial charge in [-0.3, -0.25) is 9.59 Å². The first kappa shape index (κ1) is 15.6. The van der Waals surface area contributed by atoms with E-state index in [1.165, 1.54) is 11.3 Å². The van der Waals surface area contributed by atoms with Gasteiger partial charge in [0.1, 0.15) is 10.7 Å². The van der Waals surface area contributed by atoms with Crippen molar-refractivity contribution in [3.63, 3.8) is 0 Å². The standard InChI is InChI=1S/C13H21N5O2S/c1-7(2)5-16-13-17-10(14)9(21-13)12(20)18-4-3-8(6-18)11(15)19/h7-8H,3-6,14H2,1-2H3,(H2,15,19)(H,16,17). The maximum absolute atomic E-state index is 12.4. The van der Waals surface area contributed by atoms with E-state index in [-0.39, 0.29) is 23.6 Å². The number of hydrogen-bond acceptors (Lipinski definition) is 6. The molecule has 1 aliphatic heterocycles. The van der Waals surface area contributed by atoms with Crippen molar-refractivity contribution in [3.05, 3.63) is 4.88 Å². The molecule has 2 amide bonds. The zero-order valence-electron chi connectivity index (χ0n) is 12.3. The van der Waals surface area contributed by atoms with E-state index in [4.69, 9.17) is 11.5 Å². The first-order chi connectivity index (χ1) is 9.88. The van der Waals surface area contributed by atoms with Crippen molar-refractivity contribution in [2.45, 2.75) is 20.3 Å². The number of aromatic nitrogens is 1. The molecule has 1 atom stereocenters. The summed E-state index contributed by atoms with van der Waals surface area (Å²) in [4.78, 5) is 29.8. The molecule has 116 valence electrons. The Morgan fingerprint density at radius 2 is 2.24 bits per heavy atom. The molecular formula is C13H21N5O2S. The predicted molar refractivity (Wildman–Crippen MR) is 83.1 cm³/mol. The van der Waals surface area contributed by atoms with Crippen LogP contribution in [0.4, 0.5) is 10.9 Å². The average Bonchev–Trinajstić information content (AvgIpc) is 3.02. The number of rotatable bonds is 5. The van der Waals surface area contributed by atoms with E-state index in [0.717, 1.165) is 6.54 Å². The second-order valence-electron chi connectivity index (χ2n) is 5.65. The maximum atomic E-state index is 12.4. The monoisotopic (exact) mass is 311 g/mol. The summed E-state index contributed by atoms with van der Waals surface area (Å²) in [5, 5.41) is 3.81. The summed E-state index contributed by atoms with van der Waals surface area (Å²) in [6.07, 6.45) is 0.609. The summed E-state index contributed by atoms with van der Waals surface area (Å²) >= 11 is 1.25. The molecule has 2 rings (SSSR count). The highest BCUT2D eigenvalue weighted by Crippen LogP contribution is 2.28. The first-order valence-electron chi connectivity index (χ1n) is 6.97. The van der Waals surface area contributed by atoms with E-state index >= 15 is 0 Å². The van der Waals surface area contributed by atoms with Crippen LogP contribution in [-0.2, 0) is 4.79 Å². The number of carbonyl (C=O) groups is 2. The van der Waals surface area contributed by atoms with E-state index < -0.39 is 0 Å². The van der Waals surface area contributed by atoms with Gasteiger partial charge in [0.25, 0.3) is 5.91 Å². The van der Waals surface area contributed by atoms with E-state index in [9.17, 15) is 9.59 Å². The Hall–Kier alpha value is -1.83. The molecule has 0 aromatic carbocycles. The Bertz CT molecular complexity index is 543. The van der Waals surface area contributed by atoms with Crippen LogP contribution in [0.25, 0.3) is 0 Å². The van der Waals surface area contributed by atoms with Gasteiger partial charge in [0.05, 0.1) is 5.92 Å². The molecule has 21 heavy (non-hydrogen) atoms. The molecule has 1 saturated heterocycles. The highest BCUT2D eigenvalue weighted by Gasteiger charge is 2.32. The summed E-state index contributed by atoms with van der Waals surface area (Å²) in [7, 11) is 0. The fourth-order valence-corrected chi connectivity index (χ4v) is 3.03. The Morgan fingerprint density at radius 3 is 2.81 bits per heavy atom. The topological polar surface area (TPSA) is 114 Å². The third kappa shape index (κ3) is 3.63. The molecule has 8 heteroatoms. The number of nitrogens with one attached hydrogen (secondary N) is 1. The first-order valence-corrected chi connectivity index (χ1v) is 7.79. The van der Waals surface area contributed by atoms with Crippen LogP contribution < -0.4 is 16.8 Å². The average molecular weight is 311 g/mol. The fourth-order valence-electron chi connectivity index (χ4n) is 2.17. The van der Waals surface area contributed by atoms with Gasteiger partial charge in [-0.05, 0) is 12.3 Å². The molecule has 1 aromatic rings. The van der Waals surface area contributed by atoms with Crippen LogP contribution >= 0.6 is 11.3 Å². The van der Waals surface area contributed by atoms with Gasteiger partial charge in [-0.1, -0.05) is 25.2 Å². The molecule has 0 bridgehead atoms. The van der Waals surface area contributed by atoms with Gasteiger partial charge < -0.3 is 21.7 Å². The molecule has 7 nitrogen and oxygen atoms in total. The number of nitrogens with zero attached hydrogens (tertiary/aromatic N) is 2. The summed E-state index contributed by atoms with van der Waals surface area (Å²) in [5.74, 6) is -0.0854. The number of nitrogens with two attached hydrogens (primary N) is 2. The molecule has 1 aromatic heterocycles.